The van der Waals surface area contributed by atoms with Gasteiger partial charge in [-0.15, -0.1) is 0 Å². The molecule has 2 aromatic carbocycles. The zero-order valence-electron chi connectivity index (χ0n) is 18.3. The fourth-order valence-electron chi connectivity index (χ4n) is 3.15. The van der Waals surface area contributed by atoms with Gasteiger partial charge in [-0.05, 0) is 29.8 Å². The van der Waals surface area contributed by atoms with Gasteiger partial charge in [-0.25, -0.2) is 22.4 Å². The third kappa shape index (κ3) is 8.80. The normalized spacial score (nSPS) is 15.7. The Morgan fingerprint density at radius 3 is 2.03 bits per heavy atom. The Labute approximate surface area is 196 Å². The lowest BCUT2D eigenvalue weighted by Crippen LogP contribution is -2.50. The molecule has 1 fully saturated rings. The van der Waals surface area contributed by atoms with E-state index in [1.54, 1.807) is 0 Å². The molecule has 1 saturated heterocycles. The monoisotopic (exact) mass is 498 g/mol. The summed E-state index contributed by atoms with van der Waals surface area (Å²) in [5.41, 5.74) is 1.05. The van der Waals surface area contributed by atoms with Gasteiger partial charge in [0.05, 0.1) is 24.2 Å². The van der Waals surface area contributed by atoms with E-state index in [9.17, 15) is 17.9 Å². The van der Waals surface area contributed by atoms with Crippen molar-refractivity contribution in [1.82, 2.24) is 9.21 Å². The largest absolute Gasteiger partial charge is 0.473 e. The minimum atomic E-state index is -3.62. The average molecular weight is 499 g/mol. The first kappa shape index (κ1) is 27.3. The molecule has 0 bridgehead atoms. The van der Waals surface area contributed by atoms with E-state index in [0.717, 1.165) is 17.7 Å². The van der Waals surface area contributed by atoms with Crippen LogP contribution in [0.25, 0.3) is 0 Å². The molecule has 34 heavy (non-hydrogen) atoms. The lowest BCUT2D eigenvalue weighted by Gasteiger charge is -2.34. The molecule has 0 aliphatic carbocycles. The fraction of sp³-hybridized carbons (Fsp3) is 0.364. The van der Waals surface area contributed by atoms with Crippen molar-refractivity contribution in [1.29, 1.82) is 0 Å². The van der Waals surface area contributed by atoms with Crippen molar-refractivity contribution < 1.29 is 42.5 Å². The summed E-state index contributed by atoms with van der Waals surface area (Å²) >= 11 is 0. The van der Waals surface area contributed by atoms with E-state index in [0.29, 0.717) is 39.3 Å². The lowest BCUT2D eigenvalue weighted by atomic mass is 10.2. The Hall–Kier alpha value is -2.90. The first-order chi connectivity index (χ1) is 16.1. The van der Waals surface area contributed by atoms with Crippen molar-refractivity contribution in [3.8, 4) is 0 Å². The summed E-state index contributed by atoms with van der Waals surface area (Å²) in [6.07, 6.45) is -0.635. The molecule has 0 saturated carbocycles. The van der Waals surface area contributed by atoms with Crippen LogP contribution in [0.15, 0.2) is 59.5 Å². The Morgan fingerprint density at radius 2 is 1.50 bits per heavy atom. The van der Waals surface area contributed by atoms with Crippen LogP contribution < -0.4 is 0 Å². The lowest BCUT2D eigenvalue weighted by molar-refractivity contribution is -0.159. The number of aliphatic carboxylic acids is 2. The van der Waals surface area contributed by atoms with Crippen molar-refractivity contribution in [3.05, 3.63) is 66.0 Å². The van der Waals surface area contributed by atoms with Crippen molar-refractivity contribution >= 4 is 22.0 Å². The number of ether oxygens (including phenoxy) is 1. The van der Waals surface area contributed by atoms with E-state index in [1.807, 2.05) is 35.2 Å². The molecule has 1 unspecified atom stereocenters. The smallest absolute Gasteiger partial charge is 0.414 e. The van der Waals surface area contributed by atoms with Crippen molar-refractivity contribution in [3.63, 3.8) is 0 Å². The van der Waals surface area contributed by atoms with Crippen LogP contribution in [-0.4, -0.2) is 90.3 Å². The number of β-amino-alcohol motifs (C(OH)–C–C–N with tert-alkyl or cyclic N) is 1. The number of halogens is 1. The Morgan fingerprint density at radius 1 is 0.941 bits per heavy atom. The van der Waals surface area contributed by atoms with Crippen LogP contribution in [0.2, 0.25) is 0 Å². The van der Waals surface area contributed by atoms with E-state index in [-0.39, 0.29) is 11.5 Å². The number of sulfonamides is 1. The second kappa shape index (κ2) is 13.1. The quantitative estimate of drug-likeness (QED) is 0.451. The first-order valence-corrected chi connectivity index (χ1v) is 11.8. The van der Waals surface area contributed by atoms with E-state index in [2.05, 4.69) is 0 Å². The molecule has 3 N–H and O–H groups in total. The number of benzene rings is 2. The third-order valence-electron chi connectivity index (χ3n) is 4.86. The molecule has 1 aliphatic heterocycles. The number of carboxylic acids is 2. The molecular formula is C22H27FN2O8S. The SMILES string of the molecule is O=C(O)C(=O)O.O=S(=O)(c1ccc(F)cc1)N1CCN(CC(O)COCc2ccccc2)CC1. The van der Waals surface area contributed by atoms with Gasteiger partial charge in [0, 0.05) is 32.7 Å². The van der Waals surface area contributed by atoms with Crippen LogP contribution in [-0.2, 0) is 31.0 Å². The fourth-order valence-corrected chi connectivity index (χ4v) is 4.57. The summed E-state index contributed by atoms with van der Waals surface area (Å²) < 4.78 is 45.2. The molecule has 10 nitrogen and oxygen atoms in total. The zero-order valence-corrected chi connectivity index (χ0v) is 19.1. The number of aliphatic hydroxyl groups is 1. The summed E-state index contributed by atoms with van der Waals surface area (Å²) in [6, 6.07) is 14.6. The second-order valence-electron chi connectivity index (χ2n) is 7.42. The van der Waals surface area contributed by atoms with Gasteiger partial charge in [-0.2, -0.15) is 4.31 Å². The summed E-state index contributed by atoms with van der Waals surface area (Å²) in [6.45, 7) is 2.81. The van der Waals surface area contributed by atoms with Crippen LogP contribution >= 0.6 is 0 Å². The first-order valence-electron chi connectivity index (χ1n) is 10.3. The summed E-state index contributed by atoms with van der Waals surface area (Å²) in [5, 5.41) is 25.0. The number of aliphatic hydroxyl groups excluding tert-OH is 1. The van der Waals surface area contributed by atoms with Gasteiger partial charge in [-0.1, -0.05) is 30.3 Å². The van der Waals surface area contributed by atoms with E-state index in [1.165, 1.54) is 16.4 Å². The van der Waals surface area contributed by atoms with E-state index in [4.69, 9.17) is 24.5 Å². The molecule has 0 aromatic heterocycles. The van der Waals surface area contributed by atoms with Crippen molar-refractivity contribution in [2.24, 2.45) is 0 Å². The van der Waals surface area contributed by atoms with Gasteiger partial charge < -0.3 is 20.1 Å². The number of hydrogen-bond acceptors (Lipinski definition) is 7. The molecule has 1 aliphatic rings. The topological polar surface area (TPSA) is 145 Å². The maximum absolute atomic E-state index is 13.0. The number of piperazine rings is 1. The van der Waals surface area contributed by atoms with Gasteiger partial charge in [0.15, 0.2) is 0 Å². The van der Waals surface area contributed by atoms with Crippen LogP contribution in [0.4, 0.5) is 4.39 Å². The number of nitrogens with zero attached hydrogens (tertiary/aromatic N) is 2. The third-order valence-corrected chi connectivity index (χ3v) is 6.77. The molecule has 186 valence electrons. The van der Waals surface area contributed by atoms with Crippen LogP contribution in [0, 0.1) is 5.82 Å². The summed E-state index contributed by atoms with van der Waals surface area (Å²) in [7, 11) is -3.62. The van der Waals surface area contributed by atoms with Gasteiger partial charge in [0.1, 0.15) is 5.82 Å². The highest BCUT2D eigenvalue weighted by Crippen LogP contribution is 2.18. The molecule has 3 rings (SSSR count). The van der Waals surface area contributed by atoms with E-state index >= 15 is 0 Å². The van der Waals surface area contributed by atoms with Crippen LogP contribution in [0.1, 0.15) is 5.56 Å². The van der Waals surface area contributed by atoms with Crippen LogP contribution in [0.3, 0.4) is 0 Å². The standard InChI is InChI=1S/C20H25FN2O4S.C2H2O4/c21-18-6-8-20(9-7-18)28(25,26)23-12-10-22(11-13-23)14-19(24)16-27-15-17-4-2-1-3-5-17;3-1(4)2(5)6/h1-9,19,24H,10-16H2;(H,3,4)(H,5,6). The predicted octanol–water partition coefficient (Wildman–Crippen LogP) is 0.865. The highest BCUT2D eigenvalue weighted by molar-refractivity contribution is 7.89. The number of carboxylic acid groups (broad SMARTS) is 2. The maximum atomic E-state index is 13.0. The molecule has 0 amide bonds. The van der Waals surface area contributed by atoms with Gasteiger partial charge in [0.2, 0.25) is 10.0 Å². The van der Waals surface area contributed by atoms with Gasteiger partial charge >= 0.3 is 11.9 Å². The highest BCUT2D eigenvalue weighted by Gasteiger charge is 2.29. The maximum Gasteiger partial charge on any atom is 0.414 e. The molecular weight excluding hydrogens is 471 g/mol. The molecule has 1 atom stereocenters. The average Bonchev–Trinajstić information content (AvgIpc) is 2.81. The second-order valence-corrected chi connectivity index (χ2v) is 9.36. The van der Waals surface area contributed by atoms with E-state index < -0.39 is 33.9 Å². The molecule has 0 radical (unpaired) electrons. The minimum absolute atomic E-state index is 0.0942. The number of rotatable bonds is 8. The predicted molar refractivity (Wildman–Crippen MR) is 119 cm³/mol. The molecule has 12 heteroatoms. The summed E-state index contributed by atoms with van der Waals surface area (Å²) in [4.78, 5) is 20.3. The molecule has 2 aromatic rings. The van der Waals surface area contributed by atoms with Crippen LogP contribution in [0.5, 0.6) is 0 Å². The van der Waals surface area contributed by atoms with Crippen molar-refractivity contribution in [2.45, 2.75) is 17.6 Å². The Kier molecular flexibility index (Phi) is 10.5. The van der Waals surface area contributed by atoms with Crippen molar-refractivity contribution in [2.75, 3.05) is 39.3 Å². The highest BCUT2D eigenvalue weighted by atomic mass is 32.2. The zero-order chi connectivity index (χ0) is 25.1. The van der Waals surface area contributed by atoms with Gasteiger partial charge in [0.25, 0.3) is 0 Å². The number of carbonyl (C=O) groups is 2. The Balaban J connectivity index is 0.000000604. The Bertz CT molecular complexity index is 1010. The molecule has 1 heterocycles. The number of hydrogen-bond donors (Lipinski definition) is 3. The van der Waals surface area contributed by atoms with Gasteiger partial charge in [-0.3, -0.25) is 4.90 Å². The molecule has 0 spiro atoms. The summed E-state index contributed by atoms with van der Waals surface area (Å²) in [5.74, 6) is -4.11. The minimum Gasteiger partial charge on any atom is -0.473 e.